The Kier molecular flexibility index (Phi) is 3.89. The molecule has 0 saturated carbocycles. The molecule has 17 heavy (non-hydrogen) atoms. The first-order chi connectivity index (χ1) is 8.16. The molecule has 0 amide bonds. The van der Waals surface area contributed by atoms with Crippen LogP contribution in [0.3, 0.4) is 0 Å². The normalized spacial score (nSPS) is 20.2. The second-order valence-corrected chi connectivity index (χ2v) is 4.91. The van der Waals surface area contributed by atoms with E-state index >= 15 is 0 Å². The molecule has 1 saturated heterocycles. The lowest BCUT2D eigenvalue weighted by Crippen LogP contribution is -2.33. The van der Waals surface area contributed by atoms with Crippen LogP contribution in [-0.4, -0.2) is 26.3 Å². The molecule has 94 valence electrons. The lowest BCUT2D eigenvalue weighted by molar-refractivity contribution is 0.0216. The fourth-order valence-electron chi connectivity index (χ4n) is 2.26. The second kappa shape index (κ2) is 5.41. The van der Waals surface area contributed by atoms with E-state index in [-0.39, 0.29) is 0 Å². The standard InChI is InChI=1S/C14H22N2O/c1-11-9-12(6-7-14(11)15)16(2)10-13-5-3-4-8-17-13/h6-7,9,13H,3-5,8,10,15H2,1-2H3. The van der Waals surface area contributed by atoms with Crippen LogP contribution in [0.5, 0.6) is 0 Å². The van der Waals surface area contributed by atoms with E-state index in [1.54, 1.807) is 0 Å². The van der Waals surface area contributed by atoms with Gasteiger partial charge in [0.05, 0.1) is 6.10 Å². The van der Waals surface area contributed by atoms with E-state index < -0.39 is 0 Å². The van der Waals surface area contributed by atoms with Crippen molar-refractivity contribution in [3.8, 4) is 0 Å². The molecule has 0 radical (unpaired) electrons. The first-order valence-electron chi connectivity index (χ1n) is 6.35. The molecule has 0 aromatic heterocycles. The lowest BCUT2D eigenvalue weighted by Gasteiger charge is -2.29. The van der Waals surface area contributed by atoms with Crippen LogP contribution in [0.1, 0.15) is 24.8 Å². The minimum Gasteiger partial charge on any atom is -0.399 e. The van der Waals surface area contributed by atoms with E-state index in [1.165, 1.54) is 24.9 Å². The molecule has 1 aliphatic rings. The number of anilines is 2. The van der Waals surface area contributed by atoms with Gasteiger partial charge in [-0.3, -0.25) is 0 Å². The van der Waals surface area contributed by atoms with Crippen molar-refractivity contribution >= 4 is 11.4 Å². The maximum Gasteiger partial charge on any atom is 0.0749 e. The van der Waals surface area contributed by atoms with Crippen molar-refractivity contribution in [2.75, 3.05) is 30.8 Å². The number of nitrogens with zero attached hydrogens (tertiary/aromatic N) is 1. The number of ether oxygens (including phenoxy) is 1. The molecule has 0 bridgehead atoms. The van der Waals surface area contributed by atoms with E-state index in [1.807, 2.05) is 13.0 Å². The summed E-state index contributed by atoms with van der Waals surface area (Å²) < 4.78 is 5.76. The average molecular weight is 234 g/mol. The predicted molar refractivity (Wildman–Crippen MR) is 72.5 cm³/mol. The minimum atomic E-state index is 0.381. The molecular formula is C14H22N2O. The van der Waals surface area contributed by atoms with Gasteiger partial charge in [0, 0.05) is 31.6 Å². The van der Waals surface area contributed by atoms with Crippen molar-refractivity contribution in [1.29, 1.82) is 0 Å². The van der Waals surface area contributed by atoms with Gasteiger partial charge < -0.3 is 15.4 Å². The molecule has 1 fully saturated rings. The molecule has 1 aliphatic heterocycles. The van der Waals surface area contributed by atoms with Gasteiger partial charge in [0.2, 0.25) is 0 Å². The highest BCUT2D eigenvalue weighted by Crippen LogP contribution is 2.21. The third kappa shape index (κ3) is 3.13. The number of hydrogen-bond donors (Lipinski definition) is 1. The Hall–Kier alpha value is -1.22. The highest BCUT2D eigenvalue weighted by atomic mass is 16.5. The van der Waals surface area contributed by atoms with Crippen molar-refractivity contribution in [2.24, 2.45) is 0 Å². The molecule has 2 rings (SSSR count). The van der Waals surface area contributed by atoms with Gasteiger partial charge in [-0.05, 0) is 49.9 Å². The summed E-state index contributed by atoms with van der Waals surface area (Å²) in [6.45, 7) is 3.92. The van der Waals surface area contributed by atoms with Crippen LogP contribution in [0.15, 0.2) is 18.2 Å². The molecule has 1 atom stereocenters. The van der Waals surface area contributed by atoms with Crippen molar-refractivity contribution < 1.29 is 4.74 Å². The molecule has 1 unspecified atom stereocenters. The van der Waals surface area contributed by atoms with Gasteiger partial charge in [-0.1, -0.05) is 0 Å². The summed E-state index contributed by atoms with van der Waals surface area (Å²) in [7, 11) is 2.11. The number of likely N-dealkylation sites (N-methyl/N-ethyl adjacent to an activating group) is 1. The Balaban J connectivity index is 1.98. The third-order valence-corrected chi connectivity index (χ3v) is 3.45. The van der Waals surface area contributed by atoms with Crippen LogP contribution >= 0.6 is 0 Å². The number of rotatable bonds is 3. The summed E-state index contributed by atoms with van der Waals surface area (Å²) in [5.74, 6) is 0. The van der Waals surface area contributed by atoms with Crippen LogP contribution in [0.2, 0.25) is 0 Å². The van der Waals surface area contributed by atoms with Crippen LogP contribution in [0, 0.1) is 6.92 Å². The first-order valence-corrected chi connectivity index (χ1v) is 6.35. The predicted octanol–water partition coefficient (Wildman–Crippen LogP) is 2.58. The maximum absolute atomic E-state index is 5.83. The molecular weight excluding hydrogens is 212 g/mol. The Bertz CT molecular complexity index is 372. The van der Waals surface area contributed by atoms with Gasteiger partial charge in [0.15, 0.2) is 0 Å². The number of nitrogen functional groups attached to an aromatic ring is 1. The SMILES string of the molecule is Cc1cc(N(C)CC2CCCCO2)ccc1N. The maximum atomic E-state index is 5.83. The third-order valence-electron chi connectivity index (χ3n) is 3.45. The molecule has 1 heterocycles. The summed E-state index contributed by atoms with van der Waals surface area (Å²) in [5.41, 5.74) is 9.04. The Morgan fingerprint density at radius 3 is 2.88 bits per heavy atom. The molecule has 1 aromatic carbocycles. The van der Waals surface area contributed by atoms with Crippen molar-refractivity contribution in [3.63, 3.8) is 0 Å². The fraction of sp³-hybridized carbons (Fsp3) is 0.571. The molecule has 0 spiro atoms. The zero-order valence-corrected chi connectivity index (χ0v) is 10.8. The summed E-state index contributed by atoms with van der Waals surface area (Å²) in [6, 6.07) is 6.19. The monoisotopic (exact) mass is 234 g/mol. The number of benzene rings is 1. The summed E-state index contributed by atoms with van der Waals surface area (Å²) >= 11 is 0. The fourth-order valence-corrected chi connectivity index (χ4v) is 2.26. The summed E-state index contributed by atoms with van der Waals surface area (Å²) in [4.78, 5) is 2.25. The van der Waals surface area contributed by atoms with E-state index in [0.717, 1.165) is 24.4 Å². The number of aryl methyl sites for hydroxylation is 1. The van der Waals surface area contributed by atoms with E-state index in [0.29, 0.717) is 6.10 Å². The van der Waals surface area contributed by atoms with Crippen LogP contribution in [0.25, 0.3) is 0 Å². The van der Waals surface area contributed by atoms with Gasteiger partial charge >= 0.3 is 0 Å². The van der Waals surface area contributed by atoms with Crippen LogP contribution < -0.4 is 10.6 Å². The second-order valence-electron chi connectivity index (χ2n) is 4.91. The van der Waals surface area contributed by atoms with Crippen molar-refractivity contribution in [3.05, 3.63) is 23.8 Å². The van der Waals surface area contributed by atoms with Crippen molar-refractivity contribution in [2.45, 2.75) is 32.3 Å². The van der Waals surface area contributed by atoms with Gasteiger partial charge in [-0.25, -0.2) is 0 Å². The van der Waals surface area contributed by atoms with Gasteiger partial charge in [0.1, 0.15) is 0 Å². The van der Waals surface area contributed by atoms with Gasteiger partial charge in [-0.15, -0.1) is 0 Å². The molecule has 0 aliphatic carbocycles. The highest BCUT2D eigenvalue weighted by Gasteiger charge is 2.16. The number of hydrogen-bond acceptors (Lipinski definition) is 3. The average Bonchev–Trinajstić information content (AvgIpc) is 2.34. The van der Waals surface area contributed by atoms with Crippen LogP contribution in [-0.2, 0) is 4.74 Å². The zero-order valence-electron chi connectivity index (χ0n) is 10.8. The smallest absolute Gasteiger partial charge is 0.0749 e. The van der Waals surface area contributed by atoms with Crippen LogP contribution in [0.4, 0.5) is 11.4 Å². The van der Waals surface area contributed by atoms with Gasteiger partial charge in [0.25, 0.3) is 0 Å². The molecule has 3 nitrogen and oxygen atoms in total. The molecule has 3 heteroatoms. The summed E-state index contributed by atoms with van der Waals surface area (Å²) in [6.07, 6.45) is 4.06. The van der Waals surface area contributed by atoms with Gasteiger partial charge in [-0.2, -0.15) is 0 Å². The van der Waals surface area contributed by atoms with E-state index in [4.69, 9.17) is 10.5 Å². The Labute approximate surface area is 104 Å². The molecule has 1 aromatic rings. The van der Waals surface area contributed by atoms with Crippen molar-refractivity contribution in [1.82, 2.24) is 0 Å². The Morgan fingerprint density at radius 1 is 1.41 bits per heavy atom. The number of nitrogens with two attached hydrogens (primary N) is 1. The minimum absolute atomic E-state index is 0.381. The topological polar surface area (TPSA) is 38.5 Å². The van der Waals surface area contributed by atoms with E-state index in [2.05, 4.69) is 24.1 Å². The molecule has 2 N–H and O–H groups in total. The lowest BCUT2D eigenvalue weighted by atomic mass is 10.1. The first kappa shape index (κ1) is 12.2. The highest BCUT2D eigenvalue weighted by molar-refractivity contribution is 5.57. The zero-order chi connectivity index (χ0) is 12.3. The largest absolute Gasteiger partial charge is 0.399 e. The summed E-state index contributed by atoms with van der Waals surface area (Å²) in [5, 5.41) is 0. The van der Waals surface area contributed by atoms with E-state index in [9.17, 15) is 0 Å². The Morgan fingerprint density at radius 2 is 2.24 bits per heavy atom. The quantitative estimate of drug-likeness (QED) is 0.817.